The molecule has 4 nitrogen and oxygen atoms in total. The summed E-state index contributed by atoms with van der Waals surface area (Å²) in [7, 11) is 0. The van der Waals surface area contributed by atoms with Crippen molar-refractivity contribution in [1.82, 2.24) is 9.88 Å². The van der Waals surface area contributed by atoms with Gasteiger partial charge in [-0.25, -0.2) is 4.98 Å². The first-order valence-electron chi connectivity index (χ1n) is 8.13. The lowest BCUT2D eigenvalue weighted by atomic mass is 10.2. The van der Waals surface area contributed by atoms with Crippen LogP contribution in [0.1, 0.15) is 12.8 Å². The first kappa shape index (κ1) is 18.1. The normalized spacial score (nSPS) is 18.9. The van der Waals surface area contributed by atoms with E-state index >= 15 is 0 Å². The molecule has 0 bridgehead atoms. The maximum absolute atomic E-state index is 12.3. The maximum Gasteiger partial charge on any atom is 0.573 e. The number of hydrogen-bond acceptors (Lipinski definition) is 4. The summed E-state index contributed by atoms with van der Waals surface area (Å²) >= 11 is 0. The molecule has 2 heterocycles. The van der Waals surface area contributed by atoms with E-state index in [1.165, 1.54) is 25.0 Å². The van der Waals surface area contributed by atoms with Crippen molar-refractivity contribution >= 4 is 29.1 Å². The highest BCUT2D eigenvalue weighted by atomic mass is 35.5. The van der Waals surface area contributed by atoms with Crippen molar-refractivity contribution in [2.75, 3.05) is 31.1 Å². The van der Waals surface area contributed by atoms with Crippen LogP contribution in [-0.4, -0.2) is 48.5 Å². The van der Waals surface area contributed by atoms with E-state index in [1.807, 2.05) is 6.07 Å². The second kappa shape index (κ2) is 6.88. The summed E-state index contributed by atoms with van der Waals surface area (Å²) in [5, 5.41) is 0.636. The topological polar surface area (TPSA) is 28.6 Å². The Morgan fingerprint density at radius 2 is 1.72 bits per heavy atom. The smallest absolute Gasteiger partial charge is 0.406 e. The lowest BCUT2D eigenvalue weighted by molar-refractivity contribution is -0.274. The van der Waals surface area contributed by atoms with Gasteiger partial charge in [-0.3, -0.25) is 4.90 Å². The van der Waals surface area contributed by atoms with Crippen LogP contribution in [0.5, 0.6) is 5.75 Å². The van der Waals surface area contributed by atoms with Gasteiger partial charge >= 0.3 is 6.36 Å². The molecule has 1 aromatic carbocycles. The average Bonchev–Trinajstić information content (AvgIpc) is 3.38. The molecule has 1 saturated heterocycles. The minimum atomic E-state index is -4.68. The van der Waals surface area contributed by atoms with E-state index in [2.05, 4.69) is 19.5 Å². The molecule has 1 aliphatic carbocycles. The zero-order valence-corrected chi connectivity index (χ0v) is 14.3. The molecule has 0 amide bonds. The summed E-state index contributed by atoms with van der Waals surface area (Å²) in [6.07, 6.45) is -2.05. The number of ether oxygens (including phenoxy) is 1. The van der Waals surface area contributed by atoms with E-state index in [9.17, 15) is 13.2 Å². The number of fused-ring (bicyclic) bond motifs is 1. The molecule has 0 N–H and O–H groups in total. The molecule has 2 fully saturated rings. The van der Waals surface area contributed by atoms with Crippen molar-refractivity contribution in [2.24, 2.45) is 0 Å². The monoisotopic (exact) mass is 373 g/mol. The van der Waals surface area contributed by atoms with Crippen LogP contribution in [0.3, 0.4) is 0 Å². The first-order valence-corrected chi connectivity index (χ1v) is 8.13. The number of halogens is 4. The highest BCUT2D eigenvalue weighted by Gasteiger charge is 2.32. The second-order valence-corrected chi connectivity index (χ2v) is 6.33. The molecule has 1 saturated carbocycles. The number of anilines is 1. The Balaban J connectivity index is 0.00000182. The Bertz CT molecular complexity index is 743. The van der Waals surface area contributed by atoms with Gasteiger partial charge in [-0.2, -0.15) is 0 Å². The standard InChI is InChI=1S/C17H18F3N3O.ClH/c18-17(19,20)24-14-4-5-15-12(11-14)1-6-16(21-15)23-9-7-22(8-10-23)13-2-3-13;/h1,4-6,11,13H,2-3,7-10H2;1H. The molecule has 2 aliphatic rings. The van der Waals surface area contributed by atoms with E-state index < -0.39 is 6.36 Å². The number of rotatable bonds is 3. The van der Waals surface area contributed by atoms with E-state index in [0.717, 1.165) is 38.0 Å². The van der Waals surface area contributed by atoms with Crippen LogP contribution in [0.4, 0.5) is 19.0 Å². The van der Waals surface area contributed by atoms with Crippen molar-refractivity contribution in [1.29, 1.82) is 0 Å². The summed E-state index contributed by atoms with van der Waals surface area (Å²) in [5.41, 5.74) is 0.673. The van der Waals surface area contributed by atoms with Gasteiger partial charge in [0.2, 0.25) is 0 Å². The third kappa shape index (κ3) is 4.27. The van der Waals surface area contributed by atoms with E-state index in [4.69, 9.17) is 0 Å². The van der Waals surface area contributed by atoms with Crippen molar-refractivity contribution in [3.05, 3.63) is 30.3 Å². The molecule has 1 aromatic heterocycles. The van der Waals surface area contributed by atoms with Gasteiger partial charge in [-0.15, -0.1) is 25.6 Å². The van der Waals surface area contributed by atoms with Gasteiger partial charge < -0.3 is 9.64 Å². The molecule has 136 valence electrons. The molecular weight excluding hydrogens is 355 g/mol. The molecule has 0 unspecified atom stereocenters. The van der Waals surface area contributed by atoms with Crippen molar-refractivity contribution < 1.29 is 17.9 Å². The van der Waals surface area contributed by atoms with Crippen LogP contribution in [0, 0.1) is 0 Å². The fraction of sp³-hybridized carbons (Fsp3) is 0.471. The van der Waals surface area contributed by atoms with Crippen molar-refractivity contribution in [2.45, 2.75) is 25.2 Å². The number of benzene rings is 1. The molecule has 4 rings (SSSR count). The van der Waals surface area contributed by atoms with Gasteiger partial charge in [0.05, 0.1) is 5.52 Å². The average molecular weight is 374 g/mol. The quantitative estimate of drug-likeness (QED) is 0.817. The highest BCUT2D eigenvalue weighted by Crippen LogP contribution is 2.29. The second-order valence-electron chi connectivity index (χ2n) is 6.33. The summed E-state index contributed by atoms with van der Waals surface area (Å²) in [6, 6.07) is 8.69. The minimum absolute atomic E-state index is 0. The molecular formula is C17H19ClF3N3O. The van der Waals surface area contributed by atoms with Crippen molar-refractivity contribution in [3.8, 4) is 5.75 Å². The van der Waals surface area contributed by atoms with Crippen LogP contribution in [0.2, 0.25) is 0 Å². The largest absolute Gasteiger partial charge is 0.573 e. The predicted molar refractivity (Wildman–Crippen MR) is 92.5 cm³/mol. The highest BCUT2D eigenvalue weighted by molar-refractivity contribution is 5.85. The van der Waals surface area contributed by atoms with E-state index in [-0.39, 0.29) is 18.2 Å². The van der Waals surface area contributed by atoms with E-state index in [1.54, 1.807) is 12.1 Å². The summed E-state index contributed by atoms with van der Waals surface area (Å²) in [6.45, 7) is 3.96. The Kier molecular flexibility index (Phi) is 4.97. The number of aromatic nitrogens is 1. The van der Waals surface area contributed by atoms with Crippen LogP contribution in [0.25, 0.3) is 10.9 Å². The molecule has 0 spiro atoms. The Hall–Kier alpha value is -1.73. The van der Waals surface area contributed by atoms with Crippen LogP contribution in [-0.2, 0) is 0 Å². The third-order valence-corrected chi connectivity index (χ3v) is 4.58. The SMILES string of the molecule is Cl.FC(F)(F)Oc1ccc2nc(N3CCN(C4CC4)CC3)ccc2c1. The Morgan fingerprint density at radius 1 is 1.00 bits per heavy atom. The number of hydrogen-bond donors (Lipinski definition) is 0. The zero-order chi connectivity index (χ0) is 16.7. The Morgan fingerprint density at radius 3 is 2.36 bits per heavy atom. The fourth-order valence-electron chi connectivity index (χ4n) is 3.22. The van der Waals surface area contributed by atoms with Gasteiger partial charge in [0, 0.05) is 37.6 Å². The van der Waals surface area contributed by atoms with Crippen LogP contribution in [0.15, 0.2) is 30.3 Å². The predicted octanol–water partition coefficient (Wildman–Crippen LogP) is 3.84. The van der Waals surface area contributed by atoms with Gasteiger partial charge in [-0.05, 0) is 43.2 Å². The first-order chi connectivity index (χ1) is 11.5. The molecule has 0 radical (unpaired) electrons. The van der Waals surface area contributed by atoms with Gasteiger partial charge in [0.25, 0.3) is 0 Å². The van der Waals surface area contributed by atoms with Crippen LogP contribution < -0.4 is 9.64 Å². The van der Waals surface area contributed by atoms with Gasteiger partial charge in [0.15, 0.2) is 0 Å². The van der Waals surface area contributed by atoms with E-state index in [0.29, 0.717) is 10.9 Å². The third-order valence-electron chi connectivity index (χ3n) is 4.58. The van der Waals surface area contributed by atoms with Gasteiger partial charge in [-0.1, -0.05) is 0 Å². The molecule has 2 aromatic rings. The van der Waals surface area contributed by atoms with Gasteiger partial charge in [0.1, 0.15) is 11.6 Å². The molecule has 1 aliphatic heterocycles. The lowest BCUT2D eigenvalue weighted by Gasteiger charge is -2.35. The molecule has 0 atom stereocenters. The lowest BCUT2D eigenvalue weighted by Crippen LogP contribution is -2.47. The number of pyridine rings is 1. The minimum Gasteiger partial charge on any atom is -0.406 e. The number of piperazine rings is 1. The zero-order valence-electron chi connectivity index (χ0n) is 13.5. The van der Waals surface area contributed by atoms with Crippen LogP contribution >= 0.6 is 12.4 Å². The summed E-state index contributed by atoms with van der Waals surface area (Å²) < 4.78 is 40.8. The molecule has 25 heavy (non-hydrogen) atoms. The van der Waals surface area contributed by atoms with Crippen molar-refractivity contribution in [3.63, 3.8) is 0 Å². The summed E-state index contributed by atoms with van der Waals surface area (Å²) in [4.78, 5) is 9.35. The number of nitrogens with zero attached hydrogens (tertiary/aromatic N) is 3. The summed E-state index contributed by atoms with van der Waals surface area (Å²) in [5.74, 6) is 0.657. The molecule has 8 heteroatoms. The number of alkyl halides is 3. The maximum atomic E-state index is 12.3. The Labute approximate surface area is 150 Å². The fourth-order valence-corrected chi connectivity index (χ4v) is 3.22.